The molecule has 0 aliphatic rings. The third-order valence-corrected chi connectivity index (χ3v) is 5.20. The second-order valence-corrected chi connectivity index (χ2v) is 9.27. The van der Waals surface area contributed by atoms with E-state index in [2.05, 4.69) is 21.0 Å². The van der Waals surface area contributed by atoms with Gasteiger partial charge in [-0.25, -0.2) is 4.98 Å². The van der Waals surface area contributed by atoms with Crippen LogP contribution in [0.5, 0.6) is 5.75 Å². The molecular formula is C24H25IN6O4. The number of hydrogen-bond donors (Lipinski definition) is 4. The Bertz CT molecular complexity index is 1210. The molecule has 3 rings (SSSR count). The van der Waals surface area contributed by atoms with Crippen LogP contribution >= 0.6 is 22.6 Å². The molecule has 5 N–H and O–H groups in total. The summed E-state index contributed by atoms with van der Waals surface area (Å²) in [5.74, 6) is -0.385. The molecule has 0 aliphatic heterocycles. The van der Waals surface area contributed by atoms with Gasteiger partial charge >= 0.3 is 5.97 Å². The van der Waals surface area contributed by atoms with Crippen LogP contribution in [0.1, 0.15) is 17.3 Å². The summed E-state index contributed by atoms with van der Waals surface area (Å²) in [4.78, 5) is 40.5. The molecule has 11 heteroatoms. The summed E-state index contributed by atoms with van der Waals surface area (Å²) in [5, 5.41) is 6.79. The van der Waals surface area contributed by atoms with Crippen LogP contribution in [-0.2, 0) is 9.59 Å². The Balaban J connectivity index is 1.60. The topological polar surface area (TPSA) is 139 Å². The van der Waals surface area contributed by atoms with Crippen LogP contribution in [0.15, 0.2) is 66.7 Å². The highest BCUT2D eigenvalue weighted by atomic mass is 127. The number of nitrogens with two attached hydrogens (primary N) is 1. The van der Waals surface area contributed by atoms with Crippen molar-refractivity contribution in [1.29, 1.82) is 0 Å². The number of pyridine rings is 1. The van der Waals surface area contributed by atoms with Gasteiger partial charge in [0.25, 0.3) is 5.91 Å². The summed E-state index contributed by atoms with van der Waals surface area (Å²) in [6, 6.07) is 18.9. The number of halogens is 1. The summed E-state index contributed by atoms with van der Waals surface area (Å²) < 4.78 is 5.18. The Morgan fingerprint density at radius 3 is 2.43 bits per heavy atom. The molecule has 35 heavy (non-hydrogen) atoms. The van der Waals surface area contributed by atoms with Gasteiger partial charge < -0.3 is 21.1 Å². The number of esters is 1. The number of nitrogen functional groups attached to an aromatic ring is 1. The molecule has 0 aliphatic carbocycles. The van der Waals surface area contributed by atoms with Crippen molar-refractivity contribution in [2.75, 3.05) is 35.1 Å². The van der Waals surface area contributed by atoms with Crippen molar-refractivity contribution in [3.63, 3.8) is 0 Å². The van der Waals surface area contributed by atoms with E-state index in [0.717, 1.165) is 0 Å². The largest absolute Gasteiger partial charge is 0.423 e. The maximum atomic E-state index is 12.2. The first-order valence-electron chi connectivity index (χ1n) is 10.6. The van der Waals surface area contributed by atoms with Crippen LogP contribution in [0.2, 0.25) is 0 Å². The summed E-state index contributed by atoms with van der Waals surface area (Å²) in [7, 11) is 1.74. The van der Waals surface area contributed by atoms with Crippen molar-refractivity contribution in [3.05, 3.63) is 72.3 Å². The van der Waals surface area contributed by atoms with Gasteiger partial charge in [-0.3, -0.25) is 24.8 Å². The Morgan fingerprint density at radius 2 is 1.74 bits per heavy atom. The number of hydrazine groups is 1. The van der Waals surface area contributed by atoms with Crippen LogP contribution in [0, 0.1) is 0 Å². The quantitative estimate of drug-likeness (QED) is 0.0984. The van der Waals surface area contributed by atoms with Crippen molar-refractivity contribution in [1.82, 2.24) is 10.3 Å². The number of amides is 2. The number of anilines is 4. The van der Waals surface area contributed by atoms with Crippen LogP contribution < -0.4 is 31.5 Å². The molecule has 2 aromatic carbocycles. The third-order valence-electron chi connectivity index (χ3n) is 4.69. The van der Waals surface area contributed by atoms with Gasteiger partial charge in [0.15, 0.2) is 11.6 Å². The van der Waals surface area contributed by atoms with E-state index >= 15 is 0 Å². The summed E-state index contributed by atoms with van der Waals surface area (Å²) in [6.07, 6.45) is 0. The van der Waals surface area contributed by atoms with Crippen molar-refractivity contribution >= 4 is 63.4 Å². The Hall–Kier alpha value is -3.87. The van der Waals surface area contributed by atoms with E-state index in [-0.39, 0.29) is 34.0 Å². The fourth-order valence-corrected chi connectivity index (χ4v) is 3.06. The number of alkyl halides is 1. The third kappa shape index (κ3) is 7.30. The molecule has 0 bridgehead atoms. The van der Waals surface area contributed by atoms with Gasteiger partial charge in [-0.15, -0.1) is 0 Å². The van der Waals surface area contributed by atoms with Gasteiger partial charge in [-0.1, -0.05) is 52.9 Å². The number of hydrogen-bond acceptors (Lipinski definition) is 8. The van der Waals surface area contributed by atoms with Crippen molar-refractivity contribution < 1.29 is 19.1 Å². The van der Waals surface area contributed by atoms with Crippen molar-refractivity contribution in [2.24, 2.45) is 0 Å². The standard InChI is InChI=1S/C24H25IN6O4/c1-15(25)24(34)35-19-11-7-6-10-18(19)31(2)30-17-12-13-20(29-22(17)26)28-21(32)14-27-23(33)16-8-4-3-5-9-16/h3-13,15,30H,14H2,1-2H3,(H,27,33)(H3,26,28,29,32). The smallest absolute Gasteiger partial charge is 0.324 e. The number of carbonyl (C=O) groups is 3. The lowest BCUT2D eigenvalue weighted by Gasteiger charge is -2.24. The summed E-state index contributed by atoms with van der Waals surface area (Å²) in [6.45, 7) is 1.53. The fourth-order valence-electron chi connectivity index (χ4n) is 2.93. The van der Waals surface area contributed by atoms with Gasteiger partial charge in [0.2, 0.25) is 5.91 Å². The monoisotopic (exact) mass is 588 g/mol. The van der Waals surface area contributed by atoms with E-state index < -0.39 is 5.91 Å². The lowest BCUT2D eigenvalue weighted by atomic mass is 10.2. The van der Waals surface area contributed by atoms with Crippen molar-refractivity contribution in [2.45, 2.75) is 10.8 Å². The van der Waals surface area contributed by atoms with E-state index in [4.69, 9.17) is 10.5 Å². The highest BCUT2D eigenvalue weighted by Gasteiger charge is 2.16. The number of aromatic nitrogens is 1. The number of carbonyl (C=O) groups excluding carboxylic acids is 3. The zero-order valence-electron chi connectivity index (χ0n) is 19.1. The normalized spacial score (nSPS) is 11.2. The molecule has 1 aromatic heterocycles. The second kappa shape index (κ2) is 12.0. The minimum absolute atomic E-state index is 0.137. The molecule has 0 saturated carbocycles. The first-order chi connectivity index (χ1) is 16.7. The first kappa shape index (κ1) is 25.7. The van der Waals surface area contributed by atoms with Gasteiger partial charge in [-0.05, 0) is 43.3 Å². The fraction of sp³-hybridized carbons (Fsp3) is 0.167. The van der Waals surface area contributed by atoms with Crippen molar-refractivity contribution in [3.8, 4) is 5.75 Å². The number of nitrogens with one attached hydrogen (secondary N) is 3. The van der Waals surface area contributed by atoms with E-state index in [0.29, 0.717) is 22.7 Å². The van der Waals surface area contributed by atoms with E-state index in [9.17, 15) is 14.4 Å². The molecule has 0 saturated heterocycles. The van der Waals surface area contributed by atoms with Gasteiger partial charge in [-0.2, -0.15) is 0 Å². The zero-order valence-corrected chi connectivity index (χ0v) is 21.3. The number of benzene rings is 2. The molecule has 1 heterocycles. The number of rotatable bonds is 9. The lowest BCUT2D eigenvalue weighted by molar-refractivity contribution is -0.133. The first-order valence-corrected chi connectivity index (χ1v) is 11.8. The molecule has 2 amide bonds. The maximum Gasteiger partial charge on any atom is 0.324 e. The molecule has 0 spiro atoms. The molecule has 3 aromatic rings. The second-order valence-electron chi connectivity index (χ2n) is 7.40. The molecule has 182 valence electrons. The van der Waals surface area contributed by atoms with Gasteiger partial charge in [0, 0.05) is 12.6 Å². The predicted octanol–water partition coefficient (Wildman–Crippen LogP) is 3.22. The van der Waals surface area contributed by atoms with E-state index in [1.54, 1.807) is 79.6 Å². The van der Waals surface area contributed by atoms with Gasteiger partial charge in [0.1, 0.15) is 9.74 Å². The van der Waals surface area contributed by atoms with Crippen LogP contribution in [-0.4, -0.2) is 40.3 Å². The Morgan fingerprint density at radius 1 is 1.06 bits per heavy atom. The maximum absolute atomic E-state index is 12.2. The van der Waals surface area contributed by atoms with Gasteiger partial charge in [0.05, 0.1) is 17.9 Å². The van der Waals surface area contributed by atoms with E-state index in [1.807, 2.05) is 28.7 Å². The molecule has 0 fully saturated rings. The molecule has 10 nitrogen and oxygen atoms in total. The highest BCUT2D eigenvalue weighted by Crippen LogP contribution is 2.29. The highest BCUT2D eigenvalue weighted by molar-refractivity contribution is 14.1. The van der Waals surface area contributed by atoms with Crippen LogP contribution in [0.25, 0.3) is 0 Å². The van der Waals surface area contributed by atoms with Crippen LogP contribution in [0.3, 0.4) is 0 Å². The van der Waals surface area contributed by atoms with Crippen LogP contribution in [0.4, 0.5) is 23.0 Å². The minimum Gasteiger partial charge on any atom is -0.423 e. The Kier molecular flexibility index (Phi) is 8.84. The number of para-hydroxylation sites is 2. The number of nitrogens with zero attached hydrogens (tertiary/aromatic N) is 2. The summed E-state index contributed by atoms with van der Waals surface area (Å²) in [5.41, 5.74) is 10.7. The van der Waals surface area contributed by atoms with E-state index in [1.165, 1.54) is 0 Å². The number of ether oxygens (including phenoxy) is 1. The minimum atomic E-state index is -0.445. The average Bonchev–Trinajstić information content (AvgIpc) is 2.85. The predicted molar refractivity (Wildman–Crippen MR) is 144 cm³/mol. The Labute approximate surface area is 216 Å². The lowest BCUT2D eigenvalue weighted by Crippen LogP contribution is -2.33. The molecule has 0 radical (unpaired) electrons. The SMILES string of the molecule is CC(I)C(=O)Oc1ccccc1N(C)Nc1ccc(NC(=O)CNC(=O)c2ccccc2)nc1N. The molecule has 1 atom stereocenters. The zero-order chi connectivity index (χ0) is 25.4. The summed E-state index contributed by atoms with van der Waals surface area (Å²) >= 11 is 1.99. The molecular weight excluding hydrogens is 563 g/mol. The molecule has 1 unspecified atom stereocenters. The average molecular weight is 588 g/mol.